The summed E-state index contributed by atoms with van der Waals surface area (Å²) in [6, 6.07) is 17.2. The van der Waals surface area contributed by atoms with E-state index >= 15 is 0 Å². The summed E-state index contributed by atoms with van der Waals surface area (Å²) in [5.74, 6) is 1.56. The van der Waals surface area contributed by atoms with Crippen LogP contribution >= 0.6 is 0 Å². The maximum absolute atomic E-state index is 12.6. The molecule has 1 aliphatic heterocycles. The average Bonchev–Trinajstić information content (AvgIpc) is 2.68. The van der Waals surface area contributed by atoms with Crippen LogP contribution in [0, 0.1) is 5.92 Å². The molecule has 1 amide bonds. The first-order chi connectivity index (χ1) is 12.2. The Balaban J connectivity index is 1.56. The van der Waals surface area contributed by atoms with Gasteiger partial charge in [-0.1, -0.05) is 48.5 Å². The van der Waals surface area contributed by atoms with Gasteiger partial charge in [0.05, 0.1) is 7.11 Å². The van der Waals surface area contributed by atoms with Gasteiger partial charge in [-0.2, -0.15) is 0 Å². The van der Waals surface area contributed by atoms with Crippen LogP contribution in [-0.4, -0.2) is 31.0 Å². The molecule has 4 heteroatoms. The molecule has 1 fully saturated rings. The molecule has 0 aliphatic carbocycles. The Morgan fingerprint density at radius 2 is 1.76 bits per heavy atom. The van der Waals surface area contributed by atoms with Crippen molar-refractivity contribution in [2.75, 3.05) is 20.2 Å². The van der Waals surface area contributed by atoms with Crippen LogP contribution < -0.4 is 10.5 Å². The highest BCUT2D eigenvalue weighted by atomic mass is 16.5. The summed E-state index contributed by atoms with van der Waals surface area (Å²) in [5, 5.41) is 0. The average molecular weight is 338 g/mol. The second kappa shape index (κ2) is 8.17. The maximum atomic E-state index is 12.6. The third-order valence-electron chi connectivity index (χ3n) is 5.05. The van der Waals surface area contributed by atoms with Gasteiger partial charge in [-0.15, -0.1) is 0 Å². The molecule has 132 valence electrons. The molecule has 2 N–H and O–H groups in total. The van der Waals surface area contributed by atoms with Crippen molar-refractivity contribution >= 4 is 5.91 Å². The number of ether oxygens (including phenoxy) is 1. The van der Waals surface area contributed by atoms with E-state index in [-0.39, 0.29) is 5.91 Å². The summed E-state index contributed by atoms with van der Waals surface area (Å²) in [6.45, 7) is 1.55. The summed E-state index contributed by atoms with van der Waals surface area (Å²) >= 11 is 0. The van der Waals surface area contributed by atoms with E-state index in [1.807, 2.05) is 47.4 Å². The van der Waals surface area contributed by atoms with Crippen LogP contribution in [0.5, 0.6) is 5.75 Å². The summed E-state index contributed by atoms with van der Waals surface area (Å²) in [4.78, 5) is 14.6. The first-order valence-corrected chi connectivity index (χ1v) is 8.90. The largest absolute Gasteiger partial charge is 0.496 e. The summed E-state index contributed by atoms with van der Waals surface area (Å²) in [6.07, 6.45) is 3.01. The highest BCUT2D eigenvalue weighted by Gasteiger charge is 2.27. The van der Waals surface area contributed by atoms with Crippen LogP contribution in [0.1, 0.15) is 30.0 Å². The fraction of sp³-hybridized carbons (Fsp3) is 0.381. The van der Waals surface area contributed by atoms with Gasteiger partial charge in [0.25, 0.3) is 0 Å². The third-order valence-corrected chi connectivity index (χ3v) is 5.05. The Morgan fingerprint density at radius 1 is 1.12 bits per heavy atom. The molecule has 0 bridgehead atoms. The molecule has 3 rings (SSSR count). The minimum absolute atomic E-state index is 0.0296. The number of rotatable bonds is 5. The molecule has 0 spiro atoms. The van der Waals surface area contributed by atoms with Crippen molar-refractivity contribution in [3.8, 4) is 5.75 Å². The normalized spacial score (nSPS) is 16.5. The standard InChI is InChI=1S/C21H26N2O2/c1-25-19-10-6-5-9-18(19)15-16-11-13-23(14-12-16)21(24)20(22)17-7-3-2-4-8-17/h2-10,16,20H,11-15,22H2,1H3. The van der Waals surface area contributed by atoms with E-state index in [1.165, 1.54) is 5.56 Å². The lowest BCUT2D eigenvalue weighted by Gasteiger charge is -2.33. The molecular formula is C21H26N2O2. The zero-order valence-corrected chi connectivity index (χ0v) is 14.7. The van der Waals surface area contributed by atoms with E-state index in [2.05, 4.69) is 12.1 Å². The Labute approximate surface area is 149 Å². The van der Waals surface area contributed by atoms with Crippen molar-refractivity contribution in [1.29, 1.82) is 0 Å². The third kappa shape index (κ3) is 4.20. The number of hydrogen-bond donors (Lipinski definition) is 1. The molecule has 1 heterocycles. The highest BCUT2D eigenvalue weighted by molar-refractivity contribution is 5.83. The van der Waals surface area contributed by atoms with Crippen molar-refractivity contribution in [3.05, 3.63) is 65.7 Å². The molecule has 1 saturated heterocycles. The van der Waals surface area contributed by atoms with Gasteiger partial charge in [0.2, 0.25) is 5.91 Å². The highest BCUT2D eigenvalue weighted by Crippen LogP contribution is 2.27. The fourth-order valence-corrected chi connectivity index (χ4v) is 3.54. The van der Waals surface area contributed by atoms with Crippen molar-refractivity contribution < 1.29 is 9.53 Å². The zero-order chi connectivity index (χ0) is 17.6. The predicted octanol–water partition coefficient (Wildman–Crippen LogP) is 3.18. The summed E-state index contributed by atoms with van der Waals surface area (Å²) in [7, 11) is 1.71. The summed E-state index contributed by atoms with van der Waals surface area (Å²) in [5.41, 5.74) is 8.28. The zero-order valence-electron chi connectivity index (χ0n) is 14.7. The minimum atomic E-state index is -0.563. The minimum Gasteiger partial charge on any atom is -0.496 e. The number of amides is 1. The lowest BCUT2D eigenvalue weighted by atomic mass is 9.89. The Hall–Kier alpha value is -2.33. The molecule has 0 saturated carbocycles. The van der Waals surface area contributed by atoms with E-state index in [4.69, 9.17) is 10.5 Å². The van der Waals surface area contributed by atoms with E-state index in [0.717, 1.165) is 43.7 Å². The van der Waals surface area contributed by atoms with Gasteiger partial charge in [0, 0.05) is 13.1 Å². The number of benzene rings is 2. The first kappa shape index (κ1) is 17.5. The van der Waals surface area contributed by atoms with Crippen molar-refractivity contribution in [2.24, 2.45) is 11.7 Å². The number of hydrogen-bond acceptors (Lipinski definition) is 3. The van der Waals surface area contributed by atoms with Gasteiger partial charge in [-0.3, -0.25) is 4.79 Å². The van der Waals surface area contributed by atoms with Crippen molar-refractivity contribution in [3.63, 3.8) is 0 Å². The number of methoxy groups -OCH3 is 1. The van der Waals surface area contributed by atoms with Crippen LogP contribution in [0.15, 0.2) is 54.6 Å². The van der Waals surface area contributed by atoms with Gasteiger partial charge in [0.15, 0.2) is 0 Å². The van der Waals surface area contributed by atoms with Crippen LogP contribution in [0.3, 0.4) is 0 Å². The van der Waals surface area contributed by atoms with E-state index in [9.17, 15) is 4.79 Å². The Kier molecular flexibility index (Phi) is 5.71. The molecule has 1 aliphatic rings. The number of para-hydroxylation sites is 1. The van der Waals surface area contributed by atoms with E-state index in [1.54, 1.807) is 7.11 Å². The molecule has 0 aromatic heterocycles. The van der Waals surface area contributed by atoms with Crippen LogP contribution in [0.4, 0.5) is 0 Å². The number of carbonyl (C=O) groups is 1. The quantitative estimate of drug-likeness (QED) is 0.911. The van der Waals surface area contributed by atoms with Crippen molar-refractivity contribution in [1.82, 2.24) is 4.90 Å². The first-order valence-electron chi connectivity index (χ1n) is 8.90. The molecule has 1 unspecified atom stereocenters. The number of nitrogens with two attached hydrogens (primary N) is 1. The van der Waals surface area contributed by atoms with Gasteiger partial charge < -0.3 is 15.4 Å². The van der Waals surface area contributed by atoms with Gasteiger partial charge in [0.1, 0.15) is 11.8 Å². The van der Waals surface area contributed by atoms with Gasteiger partial charge in [-0.05, 0) is 42.4 Å². The van der Waals surface area contributed by atoms with E-state index < -0.39 is 6.04 Å². The Bertz CT molecular complexity index is 694. The van der Waals surface area contributed by atoms with Crippen LogP contribution in [-0.2, 0) is 11.2 Å². The number of likely N-dealkylation sites (tertiary alicyclic amines) is 1. The number of nitrogens with zero attached hydrogens (tertiary/aromatic N) is 1. The molecule has 2 aromatic rings. The molecule has 25 heavy (non-hydrogen) atoms. The predicted molar refractivity (Wildman–Crippen MR) is 99.4 cm³/mol. The van der Waals surface area contributed by atoms with Gasteiger partial charge >= 0.3 is 0 Å². The van der Waals surface area contributed by atoms with Crippen LogP contribution in [0.25, 0.3) is 0 Å². The van der Waals surface area contributed by atoms with Crippen LogP contribution in [0.2, 0.25) is 0 Å². The Morgan fingerprint density at radius 3 is 2.44 bits per heavy atom. The number of carbonyl (C=O) groups excluding carboxylic acids is 1. The molecule has 0 radical (unpaired) electrons. The SMILES string of the molecule is COc1ccccc1CC1CCN(C(=O)C(N)c2ccccc2)CC1. The van der Waals surface area contributed by atoms with Gasteiger partial charge in [-0.25, -0.2) is 0 Å². The lowest BCUT2D eigenvalue weighted by molar-refractivity contribution is -0.134. The number of piperidine rings is 1. The van der Waals surface area contributed by atoms with Crippen molar-refractivity contribution in [2.45, 2.75) is 25.3 Å². The molecule has 1 atom stereocenters. The second-order valence-electron chi connectivity index (χ2n) is 6.67. The fourth-order valence-electron chi connectivity index (χ4n) is 3.54. The lowest BCUT2D eigenvalue weighted by Crippen LogP contribution is -2.43. The summed E-state index contributed by atoms with van der Waals surface area (Å²) < 4.78 is 5.45. The maximum Gasteiger partial charge on any atom is 0.244 e. The molecule has 2 aromatic carbocycles. The molecule has 4 nitrogen and oxygen atoms in total. The smallest absolute Gasteiger partial charge is 0.244 e. The molecular weight excluding hydrogens is 312 g/mol. The second-order valence-corrected chi connectivity index (χ2v) is 6.67. The van der Waals surface area contributed by atoms with E-state index in [0.29, 0.717) is 5.92 Å². The topological polar surface area (TPSA) is 55.6 Å². The monoisotopic (exact) mass is 338 g/mol.